The van der Waals surface area contributed by atoms with E-state index in [0.717, 1.165) is 25.7 Å². The minimum Gasteiger partial charge on any atom is -0.378 e. The van der Waals surface area contributed by atoms with Gasteiger partial charge in [-0.05, 0) is 38.2 Å². The quantitative estimate of drug-likeness (QED) is 0.822. The van der Waals surface area contributed by atoms with Crippen molar-refractivity contribution in [1.29, 1.82) is 0 Å². The molecule has 25 heavy (non-hydrogen) atoms. The fourth-order valence-corrected chi connectivity index (χ4v) is 3.66. The summed E-state index contributed by atoms with van der Waals surface area (Å²) in [4.78, 5) is 29.0. The maximum Gasteiger partial charge on any atom is 0.245 e. The third-order valence-corrected chi connectivity index (χ3v) is 5.16. The Kier molecular flexibility index (Phi) is 6.08. The van der Waals surface area contributed by atoms with Crippen molar-refractivity contribution >= 4 is 11.8 Å². The van der Waals surface area contributed by atoms with Crippen molar-refractivity contribution < 1.29 is 14.3 Å². The van der Waals surface area contributed by atoms with E-state index in [1.807, 2.05) is 9.80 Å². The average Bonchev–Trinajstić information content (AvgIpc) is 3.13. The SMILES string of the molecule is Cc1ccc(CCCC(=O)N2CCC[C@@H]2C(=O)N2CCOCC2)cc1. The van der Waals surface area contributed by atoms with Gasteiger partial charge in [-0.3, -0.25) is 9.59 Å². The topological polar surface area (TPSA) is 49.9 Å². The normalized spacial score (nSPS) is 20.8. The highest BCUT2D eigenvalue weighted by Crippen LogP contribution is 2.21. The number of nitrogens with zero attached hydrogens (tertiary/aromatic N) is 2. The highest BCUT2D eigenvalue weighted by Gasteiger charge is 2.36. The number of carbonyl (C=O) groups is 2. The zero-order chi connectivity index (χ0) is 17.6. The van der Waals surface area contributed by atoms with E-state index >= 15 is 0 Å². The first-order valence-electron chi connectivity index (χ1n) is 9.37. The molecule has 0 aromatic heterocycles. The molecule has 136 valence electrons. The minimum atomic E-state index is -0.259. The Balaban J connectivity index is 1.50. The third kappa shape index (κ3) is 4.60. The van der Waals surface area contributed by atoms with Crippen molar-refractivity contribution in [3.05, 3.63) is 35.4 Å². The largest absolute Gasteiger partial charge is 0.378 e. The molecule has 2 aliphatic rings. The summed E-state index contributed by atoms with van der Waals surface area (Å²) in [7, 11) is 0. The molecule has 2 aliphatic heterocycles. The number of morpholine rings is 1. The monoisotopic (exact) mass is 344 g/mol. The standard InChI is InChI=1S/C20H28N2O3/c1-16-7-9-17(10-8-16)4-2-6-19(23)22-11-3-5-18(22)20(24)21-12-14-25-15-13-21/h7-10,18H,2-6,11-15H2,1H3/t18-/m1/s1. The maximum atomic E-state index is 12.7. The zero-order valence-electron chi connectivity index (χ0n) is 15.1. The molecule has 1 aromatic rings. The van der Waals surface area contributed by atoms with E-state index in [9.17, 15) is 9.59 Å². The van der Waals surface area contributed by atoms with Crippen molar-refractivity contribution in [3.63, 3.8) is 0 Å². The van der Waals surface area contributed by atoms with Crippen LogP contribution in [-0.2, 0) is 20.7 Å². The summed E-state index contributed by atoms with van der Waals surface area (Å²) in [5.74, 6) is 0.226. The number of likely N-dealkylation sites (tertiary alicyclic amines) is 1. The van der Waals surface area contributed by atoms with Gasteiger partial charge in [-0.25, -0.2) is 0 Å². The molecule has 0 bridgehead atoms. The Hall–Kier alpha value is -1.88. The number of carbonyl (C=O) groups excluding carboxylic acids is 2. The van der Waals surface area contributed by atoms with E-state index in [1.165, 1.54) is 11.1 Å². The fraction of sp³-hybridized carbons (Fsp3) is 0.600. The van der Waals surface area contributed by atoms with Gasteiger partial charge in [0.1, 0.15) is 6.04 Å². The van der Waals surface area contributed by atoms with Gasteiger partial charge in [0.05, 0.1) is 13.2 Å². The first-order chi connectivity index (χ1) is 12.1. The van der Waals surface area contributed by atoms with Crippen LogP contribution in [0.2, 0.25) is 0 Å². The number of amides is 2. The van der Waals surface area contributed by atoms with Crippen LogP contribution in [0.3, 0.4) is 0 Å². The number of hydrogen-bond acceptors (Lipinski definition) is 3. The summed E-state index contributed by atoms with van der Waals surface area (Å²) in [5.41, 5.74) is 2.52. The Morgan fingerprint density at radius 3 is 2.56 bits per heavy atom. The summed E-state index contributed by atoms with van der Waals surface area (Å²) in [5, 5.41) is 0. The van der Waals surface area contributed by atoms with E-state index in [-0.39, 0.29) is 17.9 Å². The molecule has 3 rings (SSSR count). The predicted molar refractivity (Wildman–Crippen MR) is 96.3 cm³/mol. The second-order valence-corrected chi connectivity index (χ2v) is 7.02. The lowest BCUT2D eigenvalue weighted by Crippen LogP contribution is -2.51. The average molecular weight is 344 g/mol. The highest BCUT2D eigenvalue weighted by molar-refractivity contribution is 5.88. The van der Waals surface area contributed by atoms with E-state index in [0.29, 0.717) is 39.3 Å². The molecule has 2 saturated heterocycles. The van der Waals surface area contributed by atoms with Crippen molar-refractivity contribution in [1.82, 2.24) is 9.80 Å². The molecule has 0 unspecified atom stereocenters. The predicted octanol–water partition coefficient (Wildman–Crippen LogP) is 2.17. The summed E-state index contributed by atoms with van der Waals surface area (Å²) >= 11 is 0. The van der Waals surface area contributed by atoms with Crippen LogP contribution < -0.4 is 0 Å². The first-order valence-corrected chi connectivity index (χ1v) is 9.37. The Morgan fingerprint density at radius 1 is 1.12 bits per heavy atom. The molecule has 1 atom stereocenters. The van der Waals surface area contributed by atoms with Crippen LogP contribution in [0.25, 0.3) is 0 Å². The molecule has 5 nitrogen and oxygen atoms in total. The number of hydrogen-bond donors (Lipinski definition) is 0. The molecule has 0 saturated carbocycles. The Labute approximate surface area is 149 Å². The van der Waals surface area contributed by atoms with Crippen LogP contribution >= 0.6 is 0 Å². The fourth-order valence-electron chi connectivity index (χ4n) is 3.66. The molecule has 1 aromatic carbocycles. The molecule has 0 aliphatic carbocycles. The first kappa shape index (κ1) is 17.9. The number of rotatable bonds is 5. The molecule has 0 radical (unpaired) electrons. The van der Waals surface area contributed by atoms with Crippen LogP contribution in [0.5, 0.6) is 0 Å². The third-order valence-electron chi connectivity index (χ3n) is 5.16. The van der Waals surface area contributed by atoms with Crippen molar-refractivity contribution in [2.45, 2.75) is 45.1 Å². The summed E-state index contributed by atoms with van der Waals surface area (Å²) in [6.45, 7) is 5.28. The van der Waals surface area contributed by atoms with Crippen LogP contribution in [0.15, 0.2) is 24.3 Å². The lowest BCUT2D eigenvalue weighted by molar-refractivity contribution is -0.146. The van der Waals surface area contributed by atoms with Gasteiger partial charge in [-0.2, -0.15) is 0 Å². The number of ether oxygens (including phenoxy) is 1. The maximum absolute atomic E-state index is 12.7. The lowest BCUT2D eigenvalue weighted by atomic mass is 10.1. The highest BCUT2D eigenvalue weighted by atomic mass is 16.5. The number of benzene rings is 1. The van der Waals surface area contributed by atoms with E-state index in [2.05, 4.69) is 31.2 Å². The van der Waals surface area contributed by atoms with Crippen molar-refractivity contribution in [2.75, 3.05) is 32.8 Å². The van der Waals surface area contributed by atoms with Gasteiger partial charge < -0.3 is 14.5 Å². The molecule has 5 heteroatoms. The van der Waals surface area contributed by atoms with Gasteiger partial charge in [-0.1, -0.05) is 29.8 Å². The van der Waals surface area contributed by atoms with E-state index in [4.69, 9.17) is 4.74 Å². The molecular weight excluding hydrogens is 316 g/mol. The van der Waals surface area contributed by atoms with Crippen molar-refractivity contribution in [2.24, 2.45) is 0 Å². The Morgan fingerprint density at radius 2 is 1.84 bits per heavy atom. The van der Waals surface area contributed by atoms with Crippen LogP contribution in [0.1, 0.15) is 36.8 Å². The van der Waals surface area contributed by atoms with E-state index in [1.54, 1.807) is 0 Å². The summed E-state index contributed by atoms with van der Waals surface area (Å²) in [6, 6.07) is 8.20. The lowest BCUT2D eigenvalue weighted by Gasteiger charge is -2.32. The summed E-state index contributed by atoms with van der Waals surface area (Å²) in [6.07, 6.45) is 3.96. The molecular formula is C20H28N2O3. The van der Waals surface area contributed by atoms with Crippen LogP contribution in [0, 0.1) is 6.92 Å². The second-order valence-electron chi connectivity index (χ2n) is 7.02. The van der Waals surface area contributed by atoms with Gasteiger partial charge in [0.2, 0.25) is 11.8 Å². The van der Waals surface area contributed by atoms with Gasteiger partial charge in [-0.15, -0.1) is 0 Å². The smallest absolute Gasteiger partial charge is 0.245 e. The van der Waals surface area contributed by atoms with Gasteiger partial charge >= 0.3 is 0 Å². The Bertz CT molecular complexity index is 593. The zero-order valence-corrected chi connectivity index (χ0v) is 15.1. The summed E-state index contributed by atoms with van der Waals surface area (Å²) < 4.78 is 5.31. The molecule has 0 spiro atoms. The van der Waals surface area contributed by atoms with Gasteiger partial charge in [0.15, 0.2) is 0 Å². The molecule has 2 fully saturated rings. The second kappa shape index (κ2) is 8.48. The van der Waals surface area contributed by atoms with Crippen LogP contribution in [-0.4, -0.2) is 60.5 Å². The van der Waals surface area contributed by atoms with Crippen LogP contribution in [0.4, 0.5) is 0 Å². The number of aryl methyl sites for hydroxylation is 2. The molecule has 2 amide bonds. The minimum absolute atomic E-state index is 0.104. The molecule has 0 N–H and O–H groups in total. The van der Waals surface area contributed by atoms with Crippen molar-refractivity contribution in [3.8, 4) is 0 Å². The molecule has 2 heterocycles. The van der Waals surface area contributed by atoms with Gasteiger partial charge in [0, 0.05) is 26.1 Å². The van der Waals surface area contributed by atoms with E-state index < -0.39 is 0 Å². The van der Waals surface area contributed by atoms with Gasteiger partial charge in [0.25, 0.3) is 0 Å².